The van der Waals surface area contributed by atoms with Crippen LogP contribution in [0.15, 0.2) is 67.3 Å². The first-order valence-electron chi connectivity index (χ1n) is 12.9. The fraction of sp³-hybridized carbons (Fsp3) is 0.414. The summed E-state index contributed by atoms with van der Waals surface area (Å²) < 4.78 is 4.56. The number of benzene rings is 2. The summed E-state index contributed by atoms with van der Waals surface area (Å²) in [5, 5.41) is 11.0. The van der Waals surface area contributed by atoms with Crippen LogP contribution in [0.2, 0.25) is 5.02 Å². The Morgan fingerprint density at radius 2 is 1.97 bits per heavy atom. The molecule has 3 aliphatic heterocycles. The molecule has 0 radical (unpaired) electrons. The first-order valence-corrected chi connectivity index (χ1v) is 15.1. The molecule has 7 atom stereocenters. The van der Waals surface area contributed by atoms with Gasteiger partial charge in [-0.2, -0.15) is 0 Å². The van der Waals surface area contributed by atoms with Crippen molar-refractivity contribution in [3.8, 4) is 0 Å². The molecule has 3 unspecified atom stereocenters. The highest BCUT2D eigenvalue weighted by molar-refractivity contribution is 9.09. The molecule has 7 nitrogen and oxygen atoms in total. The third kappa shape index (κ3) is 4.61. The maximum absolute atomic E-state index is 14.7. The van der Waals surface area contributed by atoms with Crippen molar-refractivity contribution in [2.45, 2.75) is 40.3 Å². The maximum atomic E-state index is 14.7. The normalized spacial score (nSPS) is 29.7. The molecule has 1 N–H and O–H groups in total. The van der Waals surface area contributed by atoms with E-state index in [-0.39, 0.29) is 41.6 Å². The lowest BCUT2D eigenvalue weighted by Gasteiger charge is -2.40. The Hall–Kier alpha value is -2.33. The van der Waals surface area contributed by atoms with Crippen molar-refractivity contribution in [1.82, 2.24) is 4.90 Å². The third-order valence-electron chi connectivity index (χ3n) is 7.93. The number of ether oxygens (including phenoxy) is 1. The van der Waals surface area contributed by atoms with Crippen LogP contribution in [0.3, 0.4) is 0 Å². The fourth-order valence-electron chi connectivity index (χ4n) is 6.44. The van der Waals surface area contributed by atoms with E-state index in [1.165, 1.54) is 16.7 Å². The van der Waals surface area contributed by atoms with Crippen LogP contribution >= 0.6 is 39.3 Å². The van der Waals surface area contributed by atoms with Crippen molar-refractivity contribution in [3.63, 3.8) is 0 Å². The van der Waals surface area contributed by atoms with E-state index in [1.54, 1.807) is 42.2 Å². The van der Waals surface area contributed by atoms with E-state index in [0.717, 1.165) is 0 Å². The molecule has 3 fully saturated rings. The zero-order valence-corrected chi connectivity index (χ0v) is 24.6. The molecule has 2 aromatic rings. The minimum Gasteiger partial charge on any atom is -0.466 e. The van der Waals surface area contributed by atoms with Crippen LogP contribution in [0.5, 0.6) is 0 Å². The smallest absolute Gasteiger partial charge is 0.310 e. The number of fused-ring (bicyclic) bond motifs is 1. The summed E-state index contributed by atoms with van der Waals surface area (Å²) in [7, 11) is 0. The molecule has 3 heterocycles. The number of likely N-dealkylation sites (tertiary alicyclic amines) is 1. The summed E-state index contributed by atoms with van der Waals surface area (Å²) in [6.07, 6.45) is 2.16. The predicted molar refractivity (Wildman–Crippen MR) is 156 cm³/mol. The van der Waals surface area contributed by atoms with Crippen LogP contribution in [-0.2, 0) is 19.1 Å². The molecule has 39 heavy (non-hydrogen) atoms. The van der Waals surface area contributed by atoms with E-state index in [2.05, 4.69) is 22.5 Å². The number of aliphatic hydroxyl groups excluding tert-OH is 1. The Morgan fingerprint density at radius 3 is 2.59 bits per heavy atom. The van der Waals surface area contributed by atoms with Gasteiger partial charge in [0.2, 0.25) is 5.91 Å². The standard InChI is InChI=1S/C29H30BrClN2O5S/c1-3-14-32(19-12-10-18(31)11-13-19)27(36)25-29-15-20(30)24(39-29)22(28(37)38-4-2)23(29)26(35)33(25)21(16-34)17-8-6-5-7-9-17/h3,5-13,20-25,34H,1,4,14-16H2,2H3/t20?,21-,22+,23+,24+,25?,29?/m1/s1. The number of carbonyl (C=O) groups excluding carboxylic acids is 3. The van der Waals surface area contributed by atoms with Crippen molar-refractivity contribution in [2.24, 2.45) is 11.8 Å². The average Bonchev–Trinajstić information content (AvgIpc) is 3.52. The van der Waals surface area contributed by atoms with E-state index in [1.807, 2.05) is 30.3 Å². The number of amides is 2. The van der Waals surface area contributed by atoms with Gasteiger partial charge in [0.15, 0.2) is 0 Å². The Morgan fingerprint density at radius 1 is 1.28 bits per heavy atom. The number of aliphatic hydroxyl groups is 1. The lowest BCUT2D eigenvalue weighted by Crippen LogP contribution is -2.56. The van der Waals surface area contributed by atoms with Crippen LogP contribution in [0.1, 0.15) is 24.9 Å². The molecule has 3 saturated heterocycles. The highest BCUT2D eigenvalue weighted by atomic mass is 79.9. The second-order valence-electron chi connectivity index (χ2n) is 9.98. The third-order valence-corrected chi connectivity index (χ3v) is 11.4. The molecule has 2 aromatic carbocycles. The van der Waals surface area contributed by atoms with Gasteiger partial charge in [-0.05, 0) is 43.2 Å². The number of halogens is 2. The van der Waals surface area contributed by atoms with Gasteiger partial charge in [0, 0.05) is 27.3 Å². The second kappa shape index (κ2) is 11.3. The summed E-state index contributed by atoms with van der Waals surface area (Å²) in [6.45, 7) is 5.63. The first-order chi connectivity index (χ1) is 18.8. The first kappa shape index (κ1) is 28.2. The highest BCUT2D eigenvalue weighted by Gasteiger charge is 2.76. The molecule has 0 aliphatic carbocycles. The van der Waals surface area contributed by atoms with Crippen molar-refractivity contribution in [1.29, 1.82) is 0 Å². The van der Waals surface area contributed by atoms with Gasteiger partial charge in [0.05, 0.1) is 35.8 Å². The summed E-state index contributed by atoms with van der Waals surface area (Å²) >= 11 is 11.4. The summed E-state index contributed by atoms with van der Waals surface area (Å²) in [4.78, 5) is 45.4. The Balaban J connectivity index is 1.66. The van der Waals surface area contributed by atoms with Gasteiger partial charge in [-0.1, -0.05) is 63.9 Å². The summed E-state index contributed by atoms with van der Waals surface area (Å²) in [5.74, 6) is -2.46. The second-order valence-corrected chi connectivity index (χ2v) is 13.1. The topological polar surface area (TPSA) is 87.2 Å². The van der Waals surface area contributed by atoms with E-state index in [4.69, 9.17) is 16.3 Å². The number of rotatable bonds is 9. The zero-order chi connectivity index (χ0) is 27.9. The van der Waals surface area contributed by atoms with Crippen LogP contribution in [-0.4, -0.2) is 68.4 Å². The van der Waals surface area contributed by atoms with Crippen LogP contribution in [0, 0.1) is 11.8 Å². The van der Waals surface area contributed by atoms with Crippen molar-refractivity contribution in [2.75, 3.05) is 24.7 Å². The molecule has 5 rings (SSSR count). The molecule has 2 amide bonds. The quantitative estimate of drug-likeness (QED) is 0.247. The average molecular weight is 634 g/mol. The molecule has 0 saturated carbocycles. The number of thioether (sulfide) groups is 1. The zero-order valence-electron chi connectivity index (χ0n) is 21.4. The highest BCUT2D eigenvalue weighted by Crippen LogP contribution is 2.68. The van der Waals surface area contributed by atoms with Gasteiger partial charge in [0.1, 0.15) is 6.04 Å². The molecule has 206 valence electrons. The molecule has 3 aliphatic rings. The van der Waals surface area contributed by atoms with Gasteiger partial charge < -0.3 is 19.6 Å². The van der Waals surface area contributed by atoms with Gasteiger partial charge >= 0.3 is 5.97 Å². The maximum Gasteiger partial charge on any atom is 0.310 e. The van der Waals surface area contributed by atoms with Crippen molar-refractivity contribution in [3.05, 3.63) is 77.8 Å². The van der Waals surface area contributed by atoms with Crippen LogP contribution in [0.25, 0.3) is 0 Å². The van der Waals surface area contributed by atoms with Gasteiger partial charge in [-0.25, -0.2) is 0 Å². The monoisotopic (exact) mass is 632 g/mol. The fourth-order valence-corrected chi connectivity index (χ4v) is 10.1. The number of hydrogen-bond acceptors (Lipinski definition) is 6. The lowest BCUT2D eigenvalue weighted by molar-refractivity contribution is -0.154. The van der Waals surface area contributed by atoms with E-state index >= 15 is 0 Å². The number of carbonyl (C=O) groups is 3. The molecule has 10 heteroatoms. The number of alkyl halides is 1. The molecular weight excluding hydrogens is 604 g/mol. The molecule has 0 aromatic heterocycles. The van der Waals surface area contributed by atoms with Crippen molar-refractivity contribution < 1.29 is 24.2 Å². The number of nitrogens with zero attached hydrogens (tertiary/aromatic N) is 2. The SMILES string of the molecule is C=CCN(C(=O)C1N([C@H](CO)c2ccccc2)C(=O)[C@@H]2[C@H](C(=O)OCC)[C@H]3SC12CC3Br)c1ccc(Cl)cc1. The molecule has 1 spiro atoms. The summed E-state index contributed by atoms with van der Waals surface area (Å²) in [5.41, 5.74) is 1.33. The van der Waals surface area contributed by atoms with Crippen molar-refractivity contribution >= 4 is 62.8 Å². The van der Waals surface area contributed by atoms with E-state index < -0.39 is 34.6 Å². The van der Waals surface area contributed by atoms with Gasteiger partial charge in [0.25, 0.3) is 5.91 Å². The van der Waals surface area contributed by atoms with Crippen LogP contribution < -0.4 is 4.90 Å². The van der Waals surface area contributed by atoms with Gasteiger partial charge in [-0.15, -0.1) is 18.3 Å². The molecular formula is C29H30BrClN2O5S. The number of anilines is 1. The summed E-state index contributed by atoms with van der Waals surface area (Å²) in [6, 6.07) is 14.4. The molecule has 2 bridgehead atoms. The Labute approximate surface area is 245 Å². The number of esters is 1. The number of hydrogen-bond donors (Lipinski definition) is 1. The lowest BCUT2D eigenvalue weighted by atomic mass is 9.71. The minimum absolute atomic E-state index is 0.0797. The van der Waals surface area contributed by atoms with Crippen LogP contribution in [0.4, 0.5) is 5.69 Å². The minimum atomic E-state index is -0.933. The Kier molecular flexibility index (Phi) is 8.15. The van der Waals surface area contributed by atoms with Gasteiger partial charge in [-0.3, -0.25) is 14.4 Å². The largest absolute Gasteiger partial charge is 0.466 e. The van der Waals surface area contributed by atoms with E-state index in [0.29, 0.717) is 22.7 Å². The predicted octanol–water partition coefficient (Wildman–Crippen LogP) is 4.62. The Bertz CT molecular complexity index is 1260. The van der Waals surface area contributed by atoms with E-state index in [9.17, 15) is 19.5 Å².